The van der Waals surface area contributed by atoms with Crippen molar-refractivity contribution in [2.45, 2.75) is 18.9 Å². The molecule has 0 bridgehead atoms. The Kier molecular flexibility index (Phi) is 5.55. The van der Waals surface area contributed by atoms with Crippen molar-refractivity contribution in [3.8, 4) is 0 Å². The summed E-state index contributed by atoms with van der Waals surface area (Å²) in [6.07, 6.45) is -0.118. The molecule has 1 atom stereocenters. The minimum atomic E-state index is -3.10. The van der Waals surface area contributed by atoms with E-state index >= 15 is 0 Å². The third-order valence-electron chi connectivity index (χ3n) is 3.53. The summed E-state index contributed by atoms with van der Waals surface area (Å²) in [6, 6.07) is 5.80. The quantitative estimate of drug-likeness (QED) is 0.572. The van der Waals surface area contributed by atoms with Crippen molar-refractivity contribution < 1.29 is 27.5 Å². The van der Waals surface area contributed by atoms with Crippen LogP contribution in [0.3, 0.4) is 0 Å². The Morgan fingerprint density at radius 2 is 1.92 bits per heavy atom. The summed E-state index contributed by atoms with van der Waals surface area (Å²) in [6.45, 7) is 0. The molecule has 2 N–H and O–H groups in total. The highest BCUT2D eigenvalue weighted by atomic mass is 32.2. The van der Waals surface area contributed by atoms with E-state index in [2.05, 4.69) is 15.4 Å². The zero-order valence-electron chi connectivity index (χ0n) is 13.1. The number of hydrogen-bond donors (Lipinski definition) is 2. The lowest BCUT2D eigenvalue weighted by Crippen LogP contribution is -2.37. The third-order valence-corrected chi connectivity index (χ3v) is 5.29. The van der Waals surface area contributed by atoms with Gasteiger partial charge in [-0.15, -0.1) is 0 Å². The number of benzene rings is 1. The molecule has 2 amide bonds. The van der Waals surface area contributed by atoms with E-state index in [9.17, 15) is 22.8 Å². The van der Waals surface area contributed by atoms with Crippen molar-refractivity contribution in [3.63, 3.8) is 0 Å². The molecular weight excluding hydrogens is 336 g/mol. The zero-order valence-corrected chi connectivity index (χ0v) is 13.9. The molecule has 0 aliphatic carbocycles. The molecule has 1 unspecified atom stereocenters. The Morgan fingerprint density at radius 3 is 2.54 bits per heavy atom. The van der Waals surface area contributed by atoms with Crippen molar-refractivity contribution in [3.05, 3.63) is 29.8 Å². The summed E-state index contributed by atoms with van der Waals surface area (Å²) < 4.78 is 27.3. The van der Waals surface area contributed by atoms with Gasteiger partial charge in [-0.05, 0) is 18.6 Å². The fourth-order valence-electron chi connectivity index (χ4n) is 2.41. The second kappa shape index (κ2) is 7.43. The number of methoxy groups -OCH3 is 1. The summed E-state index contributed by atoms with van der Waals surface area (Å²) in [5.41, 5.74) is 0.418. The first-order chi connectivity index (χ1) is 11.3. The van der Waals surface area contributed by atoms with Crippen LogP contribution >= 0.6 is 0 Å². The van der Waals surface area contributed by atoms with Crippen molar-refractivity contribution in [2.75, 3.05) is 23.9 Å². The molecule has 1 aromatic rings. The highest BCUT2D eigenvalue weighted by Crippen LogP contribution is 2.16. The maximum Gasteiger partial charge on any atom is 0.339 e. The fraction of sp³-hybridized carbons (Fsp3) is 0.400. The Labute approximate surface area is 139 Å². The molecular formula is C15H18N2O6S. The van der Waals surface area contributed by atoms with E-state index < -0.39 is 40.1 Å². The normalized spacial score (nSPS) is 18.6. The second-order valence-corrected chi connectivity index (χ2v) is 7.66. The Balaban J connectivity index is 1.92. The van der Waals surface area contributed by atoms with Crippen molar-refractivity contribution in [2.24, 2.45) is 0 Å². The average Bonchev–Trinajstić information content (AvgIpc) is 2.85. The van der Waals surface area contributed by atoms with Crippen LogP contribution in [-0.2, 0) is 24.2 Å². The molecule has 0 radical (unpaired) electrons. The molecule has 130 valence electrons. The van der Waals surface area contributed by atoms with Crippen LogP contribution in [0.4, 0.5) is 5.69 Å². The second-order valence-electron chi connectivity index (χ2n) is 5.43. The van der Waals surface area contributed by atoms with E-state index in [1.165, 1.54) is 19.2 Å². The van der Waals surface area contributed by atoms with Gasteiger partial charge in [0.15, 0.2) is 9.84 Å². The van der Waals surface area contributed by atoms with E-state index in [-0.39, 0.29) is 22.8 Å². The summed E-state index contributed by atoms with van der Waals surface area (Å²) in [5, 5.41) is 5.01. The van der Waals surface area contributed by atoms with E-state index in [4.69, 9.17) is 0 Å². The van der Waals surface area contributed by atoms with Gasteiger partial charge in [0.1, 0.15) is 6.42 Å². The van der Waals surface area contributed by atoms with Crippen LogP contribution in [0.2, 0.25) is 0 Å². The lowest BCUT2D eigenvalue weighted by molar-refractivity contribution is -0.127. The van der Waals surface area contributed by atoms with Gasteiger partial charge in [-0.1, -0.05) is 12.1 Å². The van der Waals surface area contributed by atoms with Crippen LogP contribution in [-0.4, -0.2) is 50.9 Å². The number of anilines is 1. The number of nitrogens with one attached hydrogen (secondary N) is 2. The van der Waals surface area contributed by atoms with Gasteiger partial charge in [0, 0.05) is 6.04 Å². The first kappa shape index (κ1) is 17.9. The number of ether oxygens (including phenoxy) is 1. The molecule has 1 saturated heterocycles. The minimum Gasteiger partial charge on any atom is -0.465 e. The summed E-state index contributed by atoms with van der Waals surface area (Å²) in [4.78, 5) is 35.4. The van der Waals surface area contributed by atoms with Gasteiger partial charge in [-0.2, -0.15) is 0 Å². The standard InChI is InChI=1S/C15H18N2O6S/c1-23-15(20)11-4-2-3-5-12(11)17-14(19)8-13(18)16-10-6-7-24(21,22)9-10/h2-5,10H,6-9H2,1H3,(H,16,18)(H,17,19). The van der Waals surface area contributed by atoms with Gasteiger partial charge in [0.2, 0.25) is 11.8 Å². The predicted molar refractivity (Wildman–Crippen MR) is 86.2 cm³/mol. The number of amides is 2. The molecule has 24 heavy (non-hydrogen) atoms. The lowest BCUT2D eigenvalue weighted by Gasteiger charge is -2.12. The summed E-state index contributed by atoms with van der Waals surface area (Å²) in [7, 11) is -1.88. The Hall–Kier alpha value is -2.42. The van der Waals surface area contributed by atoms with Crippen molar-refractivity contribution in [1.82, 2.24) is 5.32 Å². The van der Waals surface area contributed by atoms with Crippen LogP contribution in [0.15, 0.2) is 24.3 Å². The van der Waals surface area contributed by atoms with Gasteiger partial charge in [-0.3, -0.25) is 9.59 Å². The minimum absolute atomic E-state index is 0.0383. The molecule has 0 aromatic heterocycles. The van der Waals surface area contributed by atoms with Gasteiger partial charge in [0.25, 0.3) is 0 Å². The highest BCUT2D eigenvalue weighted by Gasteiger charge is 2.29. The first-order valence-electron chi connectivity index (χ1n) is 7.28. The SMILES string of the molecule is COC(=O)c1ccccc1NC(=O)CC(=O)NC1CCS(=O)(=O)C1. The molecule has 1 aliphatic rings. The smallest absolute Gasteiger partial charge is 0.339 e. The number of esters is 1. The maximum absolute atomic E-state index is 11.9. The number of para-hydroxylation sites is 1. The van der Waals surface area contributed by atoms with Gasteiger partial charge in [-0.25, -0.2) is 13.2 Å². The highest BCUT2D eigenvalue weighted by molar-refractivity contribution is 7.91. The van der Waals surface area contributed by atoms with Crippen molar-refractivity contribution in [1.29, 1.82) is 0 Å². The molecule has 9 heteroatoms. The van der Waals surface area contributed by atoms with Crippen LogP contribution < -0.4 is 10.6 Å². The number of rotatable bonds is 5. The summed E-state index contributed by atoms with van der Waals surface area (Å²) >= 11 is 0. The van der Waals surface area contributed by atoms with E-state index in [0.29, 0.717) is 6.42 Å². The van der Waals surface area contributed by atoms with E-state index in [0.717, 1.165) is 0 Å². The first-order valence-corrected chi connectivity index (χ1v) is 9.10. The third kappa shape index (κ3) is 4.79. The van der Waals surface area contributed by atoms with Crippen molar-refractivity contribution >= 4 is 33.3 Å². The molecule has 1 aliphatic heterocycles. The topological polar surface area (TPSA) is 119 Å². The molecule has 1 aromatic carbocycles. The number of hydrogen-bond acceptors (Lipinski definition) is 6. The number of carbonyl (C=O) groups excluding carboxylic acids is 3. The average molecular weight is 354 g/mol. The fourth-order valence-corrected chi connectivity index (χ4v) is 4.08. The molecule has 0 spiro atoms. The number of carbonyl (C=O) groups is 3. The maximum atomic E-state index is 11.9. The van der Waals surface area contributed by atoms with Gasteiger partial charge in [0.05, 0.1) is 29.9 Å². The Bertz CT molecular complexity index is 759. The molecule has 0 saturated carbocycles. The molecule has 1 fully saturated rings. The molecule has 2 rings (SSSR count). The van der Waals surface area contributed by atoms with Crippen LogP contribution in [0.1, 0.15) is 23.2 Å². The van der Waals surface area contributed by atoms with Crippen LogP contribution in [0, 0.1) is 0 Å². The molecule has 1 heterocycles. The molecule has 8 nitrogen and oxygen atoms in total. The summed E-state index contributed by atoms with van der Waals surface area (Å²) in [5.74, 6) is -1.84. The predicted octanol–water partition coefficient (Wildman–Crippen LogP) is 0.105. The monoisotopic (exact) mass is 354 g/mol. The van der Waals surface area contributed by atoms with Crippen LogP contribution in [0.25, 0.3) is 0 Å². The lowest BCUT2D eigenvalue weighted by atomic mass is 10.1. The van der Waals surface area contributed by atoms with Gasteiger partial charge < -0.3 is 15.4 Å². The zero-order chi connectivity index (χ0) is 17.7. The van der Waals surface area contributed by atoms with E-state index in [1.807, 2.05) is 0 Å². The van der Waals surface area contributed by atoms with Gasteiger partial charge >= 0.3 is 5.97 Å². The Morgan fingerprint density at radius 1 is 1.21 bits per heavy atom. The number of sulfone groups is 1. The van der Waals surface area contributed by atoms with Crippen LogP contribution in [0.5, 0.6) is 0 Å². The largest absolute Gasteiger partial charge is 0.465 e. The van der Waals surface area contributed by atoms with E-state index in [1.54, 1.807) is 12.1 Å².